The zero-order valence-electron chi connectivity index (χ0n) is 16.8. The molecule has 1 aliphatic rings. The number of carbonyl (C=O) groups is 2. The zero-order valence-corrected chi connectivity index (χ0v) is 16.8. The lowest BCUT2D eigenvalue weighted by Crippen LogP contribution is -2.48. The van der Waals surface area contributed by atoms with Gasteiger partial charge in [0.15, 0.2) is 0 Å². The van der Waals surface area contributed by atoms with Gasteiger partial charge in [0.05, 0.1) is 6.61 Å². The maximum atomic E-state index is 12.7. The van der Waals surface area contributed by atoms with Gasteiger partial charge in [-0.15, -0.1) is 0 Å². The zero-order chi connectivity index (χ0) is 20.6. The van der Waals surface area contributed by atoms with Gasteiger partial charge in [-0.05, 0) is 42.3 Å². The third kappa shape index (κ3) is 5.96. The summed E-state index contributed by atoms with van der Waals surface area (Å²) in [5, 5.41) is 2.54. The summed E-state index contributed by atoms with van der Waals surface area (Å²) in [7, 11) is 0. The number of carbonyl (C=O) groups excluding carboxylic acids is 2. The molecule has 1 aliphatic heterocycles. The average Bonchev–Trinajstić information content (AvgIpc) is 2.74. The van der Waals surface area contributed by atoms with E-state index >= 15 is 0 Å². The highest BCUT2D eigenvalue weighted by atomic mass is 16.5. The molecule has 7 nitrogen and oxygen atoms in total. The number of benzene rings is 2. The van der Waals surface area contributed by atoms with Gasteiger partial charge < -0.3 is 20.7 Å². The van der Waals surface area contributed by atoms with Crippen LogP contribution in [0.15, 0.2) is 48.5 Å². The van der Waals surface area contributed by atoms with Gasteiger partial charge in [-0.3, -0.25) is 9.69 Å². The van der Waals surface area contributed by atoms with E-state index in [1.807, 2.05) is 36.1 Å². The Labute approximate surface area is 171 Å². The van der Waals surface area contributed by atoms with Gasteiger partial charge in [0, 0.05) is 44.8 Å². The normalized spacial score (nSPS) is 14.4. The third-order valence-electron chi connectivity index (χ3n) is 4.97. The van der Waals surface area contributed by atoms with Crippen LogP contribution in [0.1, 0.15) is 28.4 Å². The Morgan fingerprint density at radius 2 is 1.59 bits per heavy atom. The van der Waals surface area contributed by atoms with E-state index in [1.165, 1.54) is 5.56 Å². The Morgan fingerprint density at radius 1 is 0.966 bits per heavy atom. The molecule has 0 aliphatic carbocycles. The second kappa shape index (κ2) is 9.93. The predicted molar refractivity (Wildman–Crippen MR) is 112 cm³/mol. The molecule has 3 rings (SSSR count). The molecule has 29 heavy (non-hydrogen) atoms. The Bertz CT molecular complexity index is 813. The average molecular weight is 396 g/mol. The van der Waals surface area contributed by atoms with Crippen LogP contribution < -0.4 is 15.8 Å². The largest absolute Gasteiger partial charge is 0.494 e. The van der Waals surface area contributed by atoms with Crippen LogP contribution in [0.4, 0.5) is 4.79 Å². The summed E-state index contributed by atoms with van der Waals surface area (Å²) in [6.07, 6.45) is 0. The summed E-state index contributed by atoms with van der Waals surface area (Å²) in [5.41, 5.74) is 7.88. The van der Waals surface area contributed by atoms with E-state index in [-0.39, 0.29) is 5.91 Å². The SMILES string of the molecule is CCOc1ccc(CN2CCN(C(=O)c3ccc(CNC(N)=O)cc3)CC2)cc1. The molecule has 3 amide bonds. The fraction of sp³-hybridized carbons (Fsp3) is 0.364. The molecule has 2 aromatic carbocycles. The van der Waals surface area contributed by atoms with Crippen molar-refractivity contribution in [1.82, 2.24) is 15.1 Å². The Kier molecular flexibility index (Phi) is 7.08. The molecule has 154 valence electrons. The van der Waals surface area contributed by atoms with Crippen molar-refractivity contribution >= 4 is 11.9 Å². The minimum Gasteiger partial charge on any atom is -0.494 e. The van der Waals surface area contributed by atoms with Gasteiger partial charge in [0.1, 0.15) is 5.75 Å². The number of nitrogens with zero attached hydrogens (tertiary/aromatic N) is 2. The Hall–Kier alpha value is -3.06. The quantitative estimate of drug-likeness (QED) is 0.751. The first-order valence-corrected chi connectivity index (χ1v) is 9.90. The second-order valence-electron chi connectivity index (χ2n) is 7.06. The smallest absolute Gasteiger partial charge is 0.312 e. The maximum Gasteiger partial charge on any atom is 0.312 e. The molecule has 3 N–H and O–H groups in total. The van der Waals surface area contributed by atoms with Crippen LogP contribution in [0.25, 0.3) is 0 Å². The molecule has 0 aromatic heterocycles. The molecule has 0 bridgehead atoms. The van der Waals surface area contributed by atoms with Crippen LogP contribution in [0.3, 0.4) is 0 Å². The second-order valence-corrected chi connectivity index (χ2v) is 7.06. The summed E-state index contributed by atoms with van der Waals surface area (Å²) >= 11 is 0. The lowest BCUT2D eigenvalue weighted by atomic mass is 10.1. The summed E-state index contributed by atoms with van der Waals surface area (Å²) in [6.45, 7) is 6.98. The summed E-state index contributed by atoms with van der Waals surface area (Å²) in [6, 6.07) is 14.9. The molecule has 0 saturated carbocycles. The van der Waals surface area contributed by atoms with Crippen LogP contribution in [0, 0.1) is 0 Å². The molecule has 1 saturated heterocycles. The lowest BCUT2D eigenvalue weighted by molar-refractivity contribution is 0.0628. The molecule has 1 fully saturated rings. The minimum absolute atomic E-state index is 0.0418. The van der Waals surface area contributed by atoms with E-state index in [1.54, 1.807) is 12.1 Å². The van der Waals surface area contributed by atoms with Gasteiger partial charge in [-0.2, -0.15) is 0 Å². The number of hydrogen-bond donors (Lipinski definition) is 2. The van der Waals surface area contributed by atoms with E-state index < -0.39 is 6.03 Å². The summed E-state index contributed by atoms with van der Waals surface area (Å²) in [5.74, 6) is 0.934. The van der Waals surface area contributed by atoms with Crippen molar-refractivity contribution in [3.8, 4) is 5.75 Å². The third-order valence-corrected chi connectivity index (χ3v) is 4.97. The summed E-state index contributed by atoms with van der Waals surface area (Å²) < 4.78 is 5.48. The number of urea groups is 1. The van der Waals surface area contributed by atoms with Gasteiger partial charge in [0.2, 0.25) is 0 Å². The van der Waals surface area contributed by atoms with E-state index in [0.717, 1.165) is 30.9 Å². The lowest BCUT2D eigenvalue weighted by Gasteiger charge is -2.34. The molecular weight excluding hydrogens is 368 g/mol. The summed E-state index contributed by atoms with van der Waals surface area (Å²) in [4.78, 5) is 27.8. The molecule has 0 unspecified atom stereocenters. The molecule has 0 radical (unpaired) electrons. The maximum absolute atomic E-state index is 12.7. The minimum atomic E-state index is -0.562. The van der Waals surface area contributed by atoms with Crippen molar-refractivity contribution in [2.75, 3.05) is 32.8 Å². The van der Waals surface area contributed by atoms with Gasteiger partial charge >= 0.3 is 6.03 Å². The predicted octanol–water partition coefficient (Wildman–Crippen LogP) is 2.21. The molecule has 0 spiro atoms. The number of hydrogen-bond acceptors (Lipinski definition) is 4. The number of piperazine rings is 1. The Balaban J connectivity index is 1.48. The number of primary amides is 1. The Morgan fingerprint density at radius 3 is 2.17 bits per heavy atom. The fourth-order valence-corrected chi connectivity index (χ4v) is 3.36. The topological polar surface area (TPSA) is 87.9 Å². The van der Waals surface area contributed by atoms with Crippen molar-refractivity contribution in [3.63, 3.8) is 0 Å². The fourth-order valence-electron chi connectivity index (χ4n) is 3.36. The first-order valence-electron chi connectivity index (χ1n) is 9.90. The van der Waals surface area contributed by atoms with Crippen molar-refractivity contribution in [2.45, 2.75) is 20.0 Å². The van der Waals surface area contributed by atoms with Crippen molar-refractivity contribution in [2.24, 2.45) is 5.73 Å². The highest BCUT2D eigenvalue weighted by Crippen LogP contribution is 2.16. The van der Waals surface area contributed by atoms with Crippen LogP contribution >= 0.6 is 0 Å². The number of nitrogens with two attached hydrogens (primary N) is 1. The van der Waals surface area contributed by atoms with E-state index in [4.69, 9.17) is 10.5 Å². The monoisotopic (exact) mass is 396 g/mol. The van der Waals surface area contributed by atoms with Crippen molar-refractivity contribution in [3.05, 3.63) is 65.2 Å². The van der Waals surface area contributed by atoms with Crippen LogP contribution in [-0.4, -0.2) is 54.5 Å². The standard InChI is InChI=1S/C22H28N4O3/c1-2-29-20-9-5-18(6-10-20)16-25-11-13-26(14-12-25)21(27)19-7-3-17(4-8-19)15-24-22(23)28/h3-10H,2,11-16H2,1H3,(H3,23,24,28). The molecule has 2 aromatic rings. The highest BCUT2D eigenvalue weighted by molar-refractivity contribution is 5.94. The highest BCUT2D eigenvalue weighted by Gasteiger charge is 2.22. The number of rotatable bonds is 7. The van der Waals surface area contributed by atoms with Crippen LogP contribution in [-0.2, 0) is 13.1 Å². The van der Waals surface area contributed by atoms with Crippen molar-refractivity contribution in [1.29, 1.82) is 0 Å². The van der Waals surface area contributed by atoms with Crippen LogP contribution in [0.2, 0.25) is 0 Å². The first-order chi connectivity index (χ1) is 14.0. The molecule has 1 heterocycles. The van der Waals surface area contributed by atoms with Gasteiger partial charge in [-0.1, -0.05) is 24.3 Å². The molecule has 7 heteroatoms. The number of nitrogens with one attached hydrogen (secondary N) is 1. The van der Waals surface area contributed by atoms with Gasteiger partial charge in [-0.25, -0.2) is 4.79 Å². The molecule has 0 atom stereocenters. The van der Waals surface area contributed by atoms with E-state index in [9.17, 15) is 9.59 Å². The first kappa shape index (κ1) is 20.7. The van der Waals surface area contributed by atoms with Crippen molar-refractivity contribution < 1.29 is 14.3 Å². The number of ether oxygens (including phenoxy) is 1. The van der Waals surface area contributed by atoms with E-state index in [0.29, 0.717) is 31.8 Å². The number of amides is 3. The molecular formula is C22H28N4O3. The van der Waals surface area contributed by atoms with Gasteiger partial charge in [0.25, 0.3) is 5.91 Å². The van der Waals surface area contributed by atoms with Crippen LogP contribution in [0.5, 0.6) is 5.75 Å². The van der Waals surface area contributed by atoms with E-state index in [2.05, 4.69) is 22.3 Å².